The highest BCUT2D eigenvalue weighted by atomic mass is 32.2. The fraction of sp³-hybridized carbons (Fsp3) is 0.435. The summed E-state index contributed by atoms with van der Waals surface area (Å²) in [5.41, 5.74) is 3.92. The van der Waals surface area contributed by atoms with Gasteiger partial charge >= 0.3 is 0 Å². The Morgan fingerprint density at radius 2 is 1.74 bits per heavy atom. The summed E-state index contributed by atoms with van der Waals surface area (Å²) in [5.74, 6) is 0.0852. The van der Waals surface area contributed by atoms with E-state index in [1.165, 1.54) is 24.6 Å². The van der Waals surface area contributed by atoms with Gasteiger partial charge in [-0.15, -0.1) is 0 Å². The van der Waals surface area contributed by atoms with Crippen LogP contribution in [0.2, 0.25) is 0 Å². The normalized spacial score (nSPS) is 17.3. The number of rotatable bonds is 6. The smallest absolute Gasteiger partial charge is 0.246 e. The lowest BCUT2D eigenvalue weighted by molar-refractivity contribution is -0.120. The molecular formula is C23H30N2O5S. The lowest BCUT2D eigenvalue weighted by Gasteiger charge is -2.31. The van der Waals surface area contributed by atoms with E-state index in [0.29, 0.717) is 25.1 Å². The van der Waals surface area contributed by atoms with Gasteiger partial charge in [-0.1, -0.05) is 17.7 Å². The van der Waals surface area contributed by atoms with Crippen LogP contribution >= 0.6 is 0 Å². The topological polar surface area (TPSA) is 84.9 Å². The number of nitrogens with one attached hydrogen (secondary N) is 1. The summed E-state index contributed by atoms with van der Waals surface area (Å²) < 4.78 is 38.6. The second-order valence-electron chi connectivity index (χ2n) is 7.98. The molecule has 8 heteroatoms. The van der Waals surface area contributed by atoms with Crippen LogP contribution < -0.4 is 14.8 Å². The van der Waals surface area contributed by atoms with Crippen LogP contribution in [-0.2, 0) is 14.8 Å². The van der Waals surface area contributed by atoms with Crippen LogP contribution in [0.4, 0.5) is 5.69 Å². The molecule has 0 saturated carbocycles. The first kappa shape index (κ1) is 23.1. The van der Waals surface area contributed by atoms with Crippen LogP contribution in [0.3, 0.4) is 0 Å². The molecule has 31 heavy (non-hydrogen) atoms. The number of ether oxygens (including phenoxy) is 2. The summed E-state index contributed by atoms with van der Waals surface area (Å²) in [6, 6.07) is 8.72. The van der Waals surface area contributed by atoms with Gasteiger partial charge in [0.2, 0.25) is 15.9 Å². The van der Waals surface area contributed by atoms with E-state index in [9.17, 15) is 13.2 Å². The first-order valence-electron chi connectivity index (χ1n) is 10.3. The van der Waals surface area contributed by atoms with Crippen molar-refractivity contribution < 1.29 is 22.7 Å². The molecule has 0 unspecified atom stereocenters. The molecule has 1 saturated heterocycles. The van der Waals surface area contributed by atoms with Crippen molar-refractivity contribution in [2.45, 2.75) is 38.5 Å². The van der Waals surface area contributed by atoms with E-state index in [1.807, 2.05) is 32.9 Å². The van der Waals surface area contributed by atoms with Crippen LogP contribution in [0.15, 0.2) is 35.2 Å². The van der Waals surface area contributed by atoms with E-state index in [0.717, 1.165) is 22.4 Å². The fourth-order valence-electron chi connectivity index (χ4n) is 4.10. The van der Waals surface area contributed by atoms with Crippen molar-refractivity contribution in [1.29, 1.82) is 0 Å². The molecule has 1 atom stereocenters. The van der Waals surface area contributed by atoms with Gasteiger partial charge in [-0.25, -0.2) is 8.42 Å². The first-order valence-corrected chi connectivity index (χ1v) is 11.7. The van der Waals surface area contributed by atoms with E-state index < -0.39 is 15.9 Å². The minimum absolute atomic E-state index is 0.0423. The van der Waals surface area contributed by atoms with Crippen LogP contribution in [-0.4, -0.2) is 45.9 Å². The van der Waals surface area contributed by atoms with E-state index in [4.69, 9.17) is 9.47 Å². The van der Waals surface area contributed by atoms with Crippen molar-refractivity contribution in [3.63, 3.8) is 0 Å². The molecule has 1 aliphatic heterocycles. The Labute approximate surface area is 184 Å². The lowest BCUT2D eigenvalue weighted by atomic mass is 9.98. The molecule has 0 bridgehead atoms. The van der Waals surface area contributed by atoms with Gasteiger partial charge in [-0.2, -0.15) is 4.31 Å². The third-order valence-corrected chi connectivity index (χ3v) is 7.56. The molecule has 1 fully saturated rings. The molecule has 1 amide bonds. The molecule has 3 rings (SSSR count). The highest BCUT2D eigenvalue weighted by molar-refractivity contribution is 7.89. The summed E-state index contributed by atoms with van der Waals surface area (Å²) in [6.45, 7) is 6.42. The Balaban J connectivity index is 1.83. The molecule has 0 radical (unpaired) electrons. The predicted molar refractivity (Wildman–Crippen MR) is 120 cm³/mol. The zero-order valence-corrected chi connectivity index (χ0v) is 19.5. The number of sulfonamides is 1. The van der Waals surface area contributed by atoms with Crippen LogP contribution in [0.1, 0.15) is 29.5 Å². The number of anilines is 1. The van der Waals surface area contributed by atoms with E-state index in [2.05, 4.69) is 5.32 Å². The number of hydrogen-bond acceptors (Lipinski definition) is 5. The maximum Gasteiger partial charge on any atom is 0.246 e. The van der Waals surface area contributed by atoms with Crippen molar-refractivity contribution >= 4 is 21.6 Å². The predicted octanol–water partition coefficient (Wildman–Crippen LogP) is 3.67. The van der Waals surface area contributed by atoms with Crippen molar-refractivity contribution in [3.05, 3.63) is 47.0 Å². The van der Waals surface area contributed by atoms with Crippen molar-refractivity contribution in [1.82, 2.24) is 4.31 Å². The van der Waals surface area contributed by atoms with Gasteiger partial charge < -0.3 is 14.8 Å². The van der Waals surface area contributed by atoms with Crippen molar-refractivity contribution in [2.75, 3.05) is 32.6 Å². The van der Waals surface area contributed by atoms with Gasteiger partial charge in [-0.05, 0) is 56.9 Å². The maximum absolute atomic E-state index is 13.4. The highest BCUT2D eigenvalue weighted by Crippen LogP contribution is 2.33. The molecule has 1 N–H and O–H groups in total. The SMILES string of the molecule is COc1ccc(OC)c(S(=O)(=O)N2CCC[C@@H](C(=O)Nc3c(C)cc(C)cc3C)C2)c1. The average molecular weight is 447 g/mol. The molecule has 1 heterocycles. The second kappa shape index (κ2) is 9.28. The molecule has 0 spiro atoms. The molecular weight excluding hydrogens is 416 g/mol. The number of carbonyl (C=O) groups is 1. The molecule has 7 nitrogen and oxygen atoms in total. The zero-order valence-electron chi connectivity index (χ0n) is 18.7. The quantitative estimate of drug-likeness (QED) is 0.732. The number of methoxy groups -OCH3 is 2. The number of nitrogens with zero attached hydrogens (tertiary/aromatic N) is 1. The Morgan fingerprint density at radius 3 is 2.35 bits per heavy atom. The van der Waals surface area contributed by atoms with Crippen LogP contribution in [0.5, 0.6) is 11.5 Å². The number of carbonyl (C=O) groups excluding carboxylic acids is 1. The van der Waals surface area contributed by atoms with Gasteiger partial charge in [0.25, 0.3) is 0 Å². The van der Waals surface area contributed by atoms with Gasteiger partial charge in [-0.3, -0.25) is 4.79 Å². The molecule has 2 aromatic carbocycles. The Morgan fingerprint density at radius 1 is 1.06 bits per heavy atom. The van der Waals surface area contributed by atoms with E-state index in [1.54, 1.807) is 12.1 Å². The standard InChI is InChI=1S/C23H30N2O5S/c1-15-11-16(2)22(17(3)12-15)24-23(26)18-7-6-10-25(14-18)31(27,28)21-13-19(29-4)8-9-20(21)30-5/h8-9,11-13,18H,6-7,10,14H2,1-5H3,(H,24,26)/t18-/m1/s1. The molecule has 168 valence electrons. The van der Waals surface area contributed by atoms with Gasteiger partial charge in [0.15, 0.2) is 0 Å². The highest BCUT2D eigenvalue weighted by Gasteiger charge is 2.35. The van der Waals surface area contributed by atoms with Crippen LogP contribution in [0.25, 0.3) is 0 Å². The molecule has 0 aliphatic carbocycles. The minimum atomic E-state index is -3.85. The average Bonchev–Trinajstić information content (AvgIpc) is 2.75. The Kier molecular flexibility index (Phi) is 6.91. The zero-order chi connectivity index (χ0) is 22.8. The number of benzene rings is 2. The summed E-state index contributed by atoms with van der Waals surface area (Å²) in [4.78, 5) is 13.1. The minimum Gasteiger partial charge on any atom is -0.497 e. The first-order chi connectivity index (χ1) is 14.7. The van der Waals surface area contributed by atoms with E-state index >= 15 is 0 Å². The maximum atomic E-state index is 13.4. The lowest BCUT2D eigenvalue weighted by Crippen LogP contribution is -2.43. The van der Waals surface area contributed by atoms with Gasteiger partial charge in [0, 0.05) is 24.8 Å². The summed E-state index contributed by atoms with van der Waals surface area (Å²) in [7, 11) is -0.940. The molecule has 1 aliphatic rings. The third-order valence-electron chi connectivity index (χ3n) is 5.67. The fourth-order valence-corrected chi connectivity index (χ4v) is 5.80. The summed E-state index contributed by atoms with van der Waals surface area (Å²) in [5, 5.41) is 3.02. The van der Waals surface area contributed by atoms with Gasteiger partial charge in [0.1, 0.15) is 16.4 Å². The Hall–Kier alpha value is -2.58. The second-order valence-corrected chi connectivity index (χ2v) is 9.89. The van der Waals surface area contributed by atoms with Crippen LogP contribution in [0, 0.1) is 26.7 Å². The van der Waals surface area contributed by atoms with E-state index in [-0.39, 0.29) is 23.1 Å². The van der Waals surface area contributed by atoms with Crippen molar-refractivity contribution in [3.8, 4) is 11.5 Å². The van der Waals surface area contributed by atoms with Crippen molar-refractivity contribution in [2.24, 2.45) is 5.92 Å². The molecule has 0 aromatic heterocycles. The largest absolute Gasteiger partial charge is 0.497 e. The number of aryl methyl sites for hydroxylation is 3. The number of amides is 1. The van der Waals surface area contributed by atoms with Gasteiger partial charge in [0.05, 0.1) is 20.1 Å². The molecule has 2 aromatic rings. The Bertz CT molecular complexity index is 1060. The summed E-state index contributed by atoms with van der Waals surface area (Å²) in [6.07, 6.45) is 1.24. The summed E-state index contributed by atoms with van der Waals surface area (Å²) >= 11 is 0. The monoisotopic (exact) mass is 446 g/mol. The number of piperidine rings is 1. The number of hydrogen-bond donors (Lipinski definition) is 1. The third kappa shape index (κ3) is 4.85.